The van der Waals surface area contributed by atoms with Gasteiger partial charge in [0.1, 0.15) is 6.10 Å². The van der Waals surface area contributed by atoms with Crippen molar-refractivity contribution in [3.05, 3.63) is 35.9 Å². The highest BCUT2D eigenvalue weighted by atomic mass is 16.7. The lowest BCUT2D eigenvalue weighted by molar-refractivity contribution is -0.327. The molecule has 23 heavy (non-hydrogen) atoms. The van der Waals surface area contributed by atoms with Crippen LogP contribution in [0.1, 0.15) is 77.4 Å². The molecule has 2 fully saturated rings. The van der Waals surface area contributed by atoms with Gasteiger partial charge in [-0.1, -0.05) is 49.6 Å². The summed E-state index contributed by atoms with van der Waals surface area (Å²) in [6, 6.07) is 10.4. The molecular formula is C20H31NO2. The first-order valence-corrected chi connectivity index (χ1v) is 9.13. The quantitative estimate of drug-likeness (QED) is 0.883. The molecule has 2 unspecified atom stereocenters. The number of aliphatic hydroxyl groups is 1. The van der Waals surface area contributed by atoms with E-state index in [2.05, 4.69) is 50.1 Å². The average Bonchev–Trinajstić information content (AvgIpc) is 2.52. The van der Waals surface area contributed by atoms with Crippen molar-refractivity contribution in [3.63, 3.8) is 0 Å². The number of piperidine rings is 1. The number of aliphatic hydroxyl groups excluding tert-OH is 1. The Kier molecular flexibility index (Phi) is 4.82. The van der Waals surface area contributed by atoms with Crippen LogP contribution in [0, 0.1) is 0 Å². The van der Waals surface area contributed by atoms with Crippen LogP contribution in [0.2, 0.25) is 0 Å². The molecule has 1 heterocycles. The predicted octanol–water partition coefficient (Wildman–Crippen LogP) is 4.62. The van der Waals surface area contributed by atoms with Crippen molar-refractivity contribution in [2.24, 2.45) is 0 Å². The molecule has 1 aliphatic heterocycles. The van der Waals surface area contributed by atoms with Crippen LogP contribution in [0.25, 0.3) is 0 Å². The smallest absolute Gasteiger partial charge is 0.102 e. The van der Waals surface area contributed by atoms with Crippen LogP contribution >= 0.6 is 0 Å². The van der Waals surface area contributed by atoms with Crippen molar-refractivity contribution < 1.29 is 9.94 Å². The highest BCUT2D eigenvalue weighted by Gasteiger charge is 2.52. The van der Waals surface area contributed by atoms with Crippen LogP contribution in [0.5, 0.6) is 0 Å². The van der Waals surface area contributed by atoms with E-state index in [0.717, 1.165) is 25.7 Å². The van der Waals surface area contributed by atoms with Crippen LogP contribution in [0.15, 0.2) is 30.3 Å². The number of nitrogens with zero attached hydrogens (tertiary/aromatic N) is 1. The van der Waals surface area contributed by atoms with Gasteiger partial charge in [-0.3, -0.25) is 4.84 Å². The Bertz CT molecular complexity index is 508. The number of rotatable bonds is 3. The summed E-state index contributed by atoms with van der Waals surface area (Å²) in [6.07, 6.45) is 7.49. The van der Waals surface area contributed by atoms with Crippen LogP contribution in [0.4, 0.5) is 0 Å². The van der Waals surface area contributed by atoms with Crippen molar-refractivity contribution in [2.45, 2.75) is 89.0 Å². The van der Waals surface area contributed by atoms with Crippen LogP contribution in [-0.2, 0) is 4.84 Å². The van der Waals surface area contributed by atoms with E-state index in [4.69, 9.17) is 4.84 Å². The van der Waals surface area contributed by atoms with Gasteiger partial charge in [-0.15, -0.1) is 0 Å². The first-order valence-electron chi connectivity index (χ1n) is 9.13. The topological polar surface area (TPSA) is 32.7 Å². The van der Waals surface area contributed by atoms with Crippen molar-refractivity contribution in [2.75, 3.05) is 0 Å². The third kappa shape index (κ3) is 3.47. The third-order valence-electron chi connectivity index (χ3n) is 5.65. The summed E-state index contributed by atoms with van der Waals surface area (Å²) in [7, 11) is 0. The second-order valence-corrected chi connectivity index (χ2v) is 8.11. The average molecular weight is 317 g/mol. The molecule has 1 saturated carbocycles. The highest BCUT2D eigenvalue weighted by molar-refractivity contribution is 5.17. The third-order valence-corrected chi connectivity index (χ3v) is 5.65. The summed E-state index contributed by atoms with van der Waals surface area (Å²) >= 11 is 0. The largest absolute Gasteiger partial charge is 0.393 e. The fourth-order valence-electron chi connectivity index (χ4n) is 4.71. The maximum atomic E-state index is 10.4. The second-order valence-electron chi connectivity index (χ2n) is 8.11. The minimum atomic E-state index is -0.213. The number of hydrogen-bond donors (Lipinski definition) is 1. The predicted molar refractivity (Wildman–Crippen MR) is 92.9 cm³/mol. The van der Waals surface area contributed by atoms with E-state index in [1.54, 1.807) is 0 Å². The van der Waals surface area contributed by atoms with Crippen molar-refractivity contribution in [1.82, 2.24) is 5.06 Å². The SMILES string of the molecule is CC(ON1C(C)(C)CC(O)CC12CCCCC2)c1ccccc1. The molecular weight excluding hydrogens is 286 g/mol. The highest BCUT2D eigenvalue weighted by Crippen LogP contribution is 2.47. The summed E-state index contributed by atoms with van der Waals surface area (Å²) in [5, 5.41) is 12.7. The van der Waals surface area contributed by atoms with Gasteiger partial charge in [0.15, 0.2) is 0 Å². The minimum Gasteiger partial charge on any atom is -0.393 e. The van der Waals surface area contributed by atoms with Crippen LogP contribution in [-0.4, -0.2) is 27.4 Å². The summed E-state index contributed by atoms with van der Waals surface area (Å²) in [5.41, 5.74) is 1.07. The molecule has 2 aliphatic rings. The monoisotopic (exact) mass is 317 g/mol. The second kappa shape index (κ2) is 6.54. The first kappa shape index (κ1) is 16.9. The summed E-state index contributed by atoms with van der Waals surface area (Å²) < 4.78 is 0. The lowest BCUT2D eigenvalue weighted by Gasteiger charge is -2.57. The van der Waals surface area contributed by atoms with Crippen LogP contribution < -0.4 is 0 Å². The lowest BCUT2D eigenvalue weighted by atomic mass is 9.71. The fraction of sp³-hybridized carbons (Fsp3) is 0.700. The van der Waals surface area contributed by atoms with Gasteiger partial charge < -0.3 is 5.11 Å². The molecule has 0 radical (unpaired) electrons. The molecule has 0 aromatic heterocycles. The molecule has 3 heteroatoms. The van der Waals surface area contributed by atoms with Crippen LogP contribution in [0.3, 0.4) is 0 Å². The number of hydroxylamine groups is 2. The van der Waals surface area contributed by atoms with Crippen molar-refractivity contribution in [3.8, 4) is 0 Å². The Morgan fingerprint density at radius 2 is 1.74 bits per heavy atom. The normalized spacial score (nSPS) is 28.6. The van der Waals surface area contributed by atoms with Gasteiger partial charge in [0, 0.05) is 11.1 Å². The van der Waals surface area contributed by atoms with Gasteiger partial charge in [0.05, 0.1) is 6.10 Å². The van der Waals surface area contributed by atoms with E-state index in [-0.39, 0.29) is 23.3 Å². The zero-order valence-corrected chi connectivity index (χ0v) is 14.8. The van der Waals surface area contributed by atoms with Gasteiger partial charge in [-0.25, -0.2) is 0 Å². The maximum absolute atomic E-state index is 10.4. The minimum absolute atomic E-state index is 0.00244. The van der Waals surface area contributed by atoms with E-state index in [1.807, 2.05) is 6.07 Å². The van der Waals surface area contributed by atoms with E-state index >= 15 is 0 Å². The molecule has 0 bridgehead atoms. The molecule has 1 spiro atoms. The summed E-state index contributed by atoms with van der Waals surface area (Å²) in [5.74, 6) is 0. The first-order chi connectivity index (χ1) is 10.9. The molecule has 1 N–H and O–H groups in total. The molecule has 128 valence electrons. The lowest BCUT2D eigenvalue weighted by Crippen LogP contribution is -2.64. The zero-order valence-electron chi connectivity index (χ0n) is 14.8. The summed E-state index contributed by atoms with van der Waals surface area (Å²) in [6.45, 7) is 6.56. The Labute approximate surface area is 140 Å². The molecule has 1 aliphatic carbocycles. The van der Waals surface area contributed by atoms with Gasteiger partial charge >= 0.3 is 0 Å². The number of hydrogen-bond acceptors (Lipinski definition) is 3. The Balaban J connectivity index is 1.85. The van der Waals surface area contributed by atoms with Gasteiger partial charge in [0.25, 0.3) is 0 Å². The van der Waals surface area contributed by atoms with Gasteiger partial charge in [-0.2, -0.15) is 5.06 Å². The van der Waals surface area contributed by atoms with Gasteiger partial charge in [-0.05, 0) is 52.0 Å². The molecule has 1 saturated heterocycles. The Hall–Kier alpha value is -0.900. The zero-order chi connectivity index (χ0) is 16.5. The fourth-order valence-corrected chi connectivity index (χ4v) is 4.71. The number of benzene rings is 1. The molecule has 2 atom stereocenters. The molecule has 1 aromatic carbocycles. The van der Waals surface area contributed by atoms with E-state index in [1.165, 1.54) is 24.8 Å². The molecule has 0 amide bonds. The Morgan fingerprint density at radius 3 is 2.39 bits per heavy atom. The molecule has 3 rings (SSSR count). The van der Waals surface area contributed by atoms with Gasteiger partial charge in [0.2, 0.25) is 0 Å². The standard InChI is InChI=1S/C20H31NO2/c1-16(17-10-6-4-7-11-17)23-21-19(2,3)14-18(22)15-20(21)12-8-5-9-13-20/h4,6-7,10-11,16,18,22H,5,8-9,12-15H2,1-3H3. The summed E-state index contributed by atoms with van der Waals surface area (Å²) in [4.78, 5) is 6.56. The van der Waals surface area contributed by atoms with E-state index in [0.29, 0.717) is 0 Å². The Morgan fingerprint density at radius 1 is 1.09 bits per heavy atom. The van der Waals surface area contributed by atoms with Crippen molar-refractivity contribution >= 4 is 0 Å². The molecule has 3 nitrogen and oxygen atoms in total. The van der Waals surface area contributed by atoms with E-state index in [9.17, 15) is 5.11 Å². The molecule has 1 aromatic rings. The maximum Gasteiger partial charge on any atom is 0.102 e. The van der Waals surface area contributed by atoms with Crippen molar-refractivity contribution in [1.29, 1.82) is 0 Å². The van der Waals surface area contributed by atoms with E-state index < -0.39 is 0 Å².